The number of hydrogen-bond acceptors (Lipinski definition) is 5. The molecule has 1 aromatic rings. The molecule has 0 unspecified atom stereocenters. The highest BCUT2D eigenvalue weighted by Gasteiger charge is 2.33. The fourth-order valence-electron chi connectivity index (χ4n) is 2.79. The molecule has 0 aromatic heterocycles. The number of urea groups is 1. The van der Waals surface area contributed by atoms with Crippen molar-refractivity contribution in [2.24, 2.45) is 5.41 Å². The molecule has 24 heavy (non-hydrogen) atoms. The van der Waals surface area contributed by atoms with Crippen molar-refractivity contribution in [3.05, 3.63) is 24.3 Å². The Morgan fingerprint density at radius 3 is 2.46 bits per heavy atom. The first-order valence-electron chi connectivity index (χ1n) is 8.02. The number of aliphatic hydroxyl groups is 1. The van der Waals surface area contributed by atoms with Gasteiger partial charge in [0.1, 0.15) is 5.75 Å². The highest BCUT2D eigenvalue weighted by molar-refractivity contribution is 5.89. The van der Waals surface area contributed by atoms with Gasteiger partial charge in [0.05, 0.1) is 13.7 Å². The quantitative estimate of drug-likeness (QED) is 0.661. The lowest BCUT2D eigenvalue weighted by Crippen LogP contribution is -2.40. The van der Waals surface area contributed by atoms with Gasteiger partial charge in [-0.1, -0.05) is 12.8 Å². The third-order valence-corrected chi connectivity index (χ3v) is 4.32. The van der Waals surface area contributed by atoms with Crippen molar-refractivity contribution >= 4 is 17.7 Å². The first-order valence-corrected chi connectivity index (χ1v) is 8.02. The molecule has 0 atom stereocenters. The molecule has 1 fully saturated rings. The van der Waals surface area contributed by atoms with Crippen molar-refractivity contribution in [3.63, 3.8) is 0 Å². The number of carbonyl (C=O) groups excluding carboxylic acids is 2. The summed E-state index contributed by atoms with van der Waals surface area (Å²) in [7, 11) is 1.30. The molecule has 7 heteroatoms. The SMILES string of the molecule is COC(=O)COc1ccc(NC(=O)NCC2(CO)CCCC2)cc1. The van der Waals surface area contributed by atoms with Crippen LogP contribution in [0.3, 0.4) is 0 Å². The molecule has 3 N–H and O–H groups in total. The van der Waals surface area contributed by atoms with E-state index in [0.29, 0.717) is 18.0 Å². The van der Waals surface area contributed by atoms with E-state index in [-0.39, 0.29) is 24.7 Å². The zero-order valence-corrected chi connectivity index (χ0v) is 13.8. The molecule has 132 valence electrons. The molecule has 7 nitrogen and oxygen atoms in total. The second-order valence-corrected chi connectivity index (χ2v) is 6.06. The highest BCUT2D eigenvalue weighted by Crippen LogP contribution is 2.36. The predicted molar refractivity (Wildman–Crippen MR) is 89.0 cm³/mol. The minimum Gasteiger partial charge on any atom is -0.482 e. The molecular formula is C17H24N2O5. The van der Waals surface area contributed by atoms with E-state index in [9.17, 15) is 14.7 Å². The first-order chi connectivity index (χ1) is 11.6. The van der Waals surface area contributed by atoms with Gasteiger partial charge >= 0.3 is 12.0 Å². The molecule has 0 radical (unpaired) electrons. The molecule has 2 amide bonds. The van der Waals surface area contributed by atoms with E-state index in [1.54, 1.807) is 24.3 Å². The number of hydrogen-bond donors (Lipinski definition) is 3. The molecule has 0 spiro atoms. The largest absolute Gasteiger partial charge is 0.482 e. The summed E-state index contributed by atoms with van der Waals surface area (Å²) < 4.78 is 9.72. The van der Waals surface area contributed by atoms with E-state index in [1.165, 1.54) is 7.11 Å². The molecule has 1 aromatic carbocycles. The van der Waals surface area contributed by atoms with Gasteiger partial charge < -0.3 is 25.2 Å². The summed E-state index contributed by atoms with van der Waals surface area (Å²) in [4.78, 5) is 23.0. The standard InChI is InChI=1S/C17H24N2O5/c1-23-15(21)10-24-14-6-4-13(5-7-14)19-16(22)18-11-17(12-20)8-2-3-9-17/h4-7,20H,2-3,8-12H2,1H3,(H2,18,19,22). The lowest BCUT2D eigenvalue weighted by molar-refractivity contribution is -0.142. The summed E-state index contributed by atoms with van der Waals surface area (Å²) in [5.74, 6) is 0.0536. The predicted octanol–water partition coefficient (Wildman–Crippen LogP) is 1.91. The van der Waals surface area contributed by atoms with Gasteiger partial charge in [0.2, 0.25) is 0 Å². The molecule has 0 heterocycles. The van der Waals surface area contributed by atoms with Crippen LogP contribution in [0.5, 0.6) is 5.75 Å². The van der Waals surface area contributed by atoms with Gasteiger partial charge in [-0.15, -0.1) is 0 Å². The average Bonchev–Trinajstić information content (AvgIpc) is 3.08. The fraction of sp³-hybridized carbons (Fsp3) is 0.529. The lowest BCUT2D eigenvalue weighted by atomic mass is 9.87. The molecule has 0 aliphatic heterocycles. The monoisotopic (exact) mass is 336 g/mol. The average molecular weight is 336 g/mol. The number of anilines is 1. The number of esters is 1. The van der Waals surface area contributed by atoms with E-state index < -0.39 is 5.97 Å². The maximum atomic E-state index is 12.0. The Labute approximate surface area is 141 Å². The highest BCUT2D eigenvalue weighted by atomic mass is 16.6. The normalized spacial score (nSPS) is 15.6. The van der Waals surface area contributed by atoms with E-state index >= 15 is 0 Å². The molecule has 1 aliphatic rings. The van der Waals surface area contributed by atoms with Crippen LogP contribution in [0.4, 0.5) is 10.5 Å². The molecule has 2 rings (SSSR count). The summed E-state index contributed by atoms with van der Waals surface area (Å²) >= 11 is 0. The summed E-state index contributed by atoms with van der Waals surface area (Å²) in [5, 5.41) is 15.1. The number of aliphatic hydroxyl groups excluding tert-OH is 1. The van der Waals surface area contributed by atoms with Gasteiger partial charge in [0.15, 0.2) is 6.61 Å². The van der Waals surface area contributed by atoms with Gasteiger partial charge in [-0.25, -0.2) is 9.59 Å². The van der Waals surface area contributed by atoms with Crippen LogP contribution < -0.4 is 15.4 Å². The van der Waals surface area contributed by atoms with Gasteiger partial charge in [-0.05, 0) is 37.1 Å². The van der Waals surface area contributed by atoms with Crippen LogP contribution in [-0.2, 0) is 9.53 Å². The summed E-state index contributed by atoms with van der Waals surface area (Å²) in [6, 6.07) is 6.38. The number of rotatable bonds is 7. The summed E-state index contributed by atoms with van der Waals surface area (Å²) in [5.41, 5.74) is 0.436. The minimum absolute atomic E-state index is 0.0967. The summed E-state index contributed by atoms with van der Waals surface area (Å²) in [6.45, 7) is 0.405. The zero-order chi connectivity index (χ0) is 17.4. The van der Waals surface area contributed by atoms with Gasteiger partial charge in [-0.3, -0.25) is 0 Å². The van der Waals surface area contributed by atoms with Crippen LogP contribution in [0.2, 0.25) is 0 Å². The molecule has 1 saturated carbocycles. The smallest absolute Gasteiger partial charge is 0.343 e. The first kappa shape index (κ1) is 18.1. The number of benzene rings is 1. The topological polar surface area (TPSA) is 96.9 Å². The van der Waals surface area contributed by atoms with Crippen LogP contribution in [-0.4, -0.2) is 44.0 Å². The van der Waals surface area contributed by atoms with Crippen molar-refractivity contribution in [3.8, 4) is 5.75 Å². The van der Waals surface area contributed by atoms with Crippen LogP contribution in [0, 0.1) is 5.41 Å². The lowest BCUT2D eigenvalue weighted by Gasteiger charge is -2.26. The maximum Gasteiger partial charge on any atom is 0.343 e. The third-order valence-electron chi connectivity index (χ3n) is 4.32. The third kappa shape index (κ3) is 5.13. The number of ether oxygens (including phenoxy) is 2. The van der Waals surface area contributed by atoms with Gasteiger partial charge in [0, 0.05) is 17.6 Å². The Morgan fingerprint density at radius 1 is 1.21 bits per heavy atom. The summed E-state index contributed by atoms with van der Waals surface area (Å²) in [6.07, 6.45) is 4.07. The van der Waals surface area contributed by atoms with E-state index in [1.807, 2.05) is 0 Å². The number of nitrogens with one attached hydrogen (secondary N) is 2. The Kier molecular flexibility index (Phi) is 6.43. The van der Waals surface area contributed by atoms with E-state index in [4.69, 9.17) is 4.74 Å². The van der Waals surface area contributed by atoms with E-state index in [2.05, 4.69) is 15.4 Å². The zero-order valence-electron chi connectivity index (χ0n) is 13.8. The second kappa shape index (κ2) is 8.54. The molecular weight excluding hydrogens is 312 g/mol. The Balaban J connectivity index is 1.78. The number of amides is 2. The molecule has 0 saturated heterocycles. The second-order valence-electron chi connectivity index (χ2n) is 6.06. The Bertz CT molecular complexity index is 553. The maximum absolute atomic E-state index is 12.0. The number of carbonyl (C=O) groups is 2. The fourth-order valence-corrected chi connectivity index (χ4v) is 2.79. The molecule has 1 aliphatic carbocycles. The van der Waals surface area contributed by atoms with Crippen molar-refractivity contribution < 1.29 is 24.2 Å². The molecule has 0 bridgehead atoms. The van der Waals surface area contributed by atoms with Gasteiger partial charge in [-0.2, -0.15) is 0 Å². The van der Waals surface area contributed by atoms with Crippen LogP contribution in [0.1, 0.15) is 25.7 Å². The van der Waals surface area contributed by atoms with Crippen LogP contribution in [0.15, 0.2) is 24.3 Å². The van der Waals surface area contributed by atoms with Crippen LogP contribution in [0.25, 0.3) is 0 Å². The van der Waals surface area contributed by atoms with Crippen molar-refractivity contribution in [2.75, 3.05) is 32.2 Å². The van der Waals surface area contributed by atoms with Crippen LogP contribution >= 0.6 is 0 Å². The Hall–Kier alpha value is -2.28. The van der Waals surface area contributed by atoms with Gasteiger partial charge in [0.25, 0.3) is 0 Å². The van der Waals surface area contributed by atoms with Crippen molar-refractivity contribution in [1.82, 2.24) is 5.32 Å². The van der Waals surface area contributed by atoms with E-state index in [0.717, 1.165) is 25.7 Å². The minimum atomic E-state index is -0.457. The Morgan fingerprint density at radius 2 is 1.88 bits per heavy atom. The van der Waals surface area contributed by atoms with Crippen molar-refractivity contribution in [1.29, 1.82) is 0 Å². The number of methoxy groups -OCH3 is 1. The van der Waals surface area contributed by atoms with Crippen molar-refractivity contribution in [2.45, 2.75) is 25.7 Å².